The Bertz CT molecular complexity index is 1160. The lowest BCUT2D eigenvalue weighted by molar-refractivity contribution is -0.143. The van der Waals surface area contributed by atoms with E-state index in [-0.39, 0.29) is 59.7 Å². The zero-order chi connectivity index (χ0) is 28.8. The van der Waals surface area contributed by atoms with E-state index in [1.54, 1.807) is 58.3 Å². The van der Waals surface area contributed by atoms with E-state index in [1.807, 2.05) is 0 Å². The highest BCUT2D eigenvalue weighted by Gasteiger charge is 2.40. The average molecular weight is 589 g/mol. The van der Waals surface area contributed by atoms with Crippen LogP contribution in [0.25, 0.3) is 0 Å². The van der Waals surface area contributed by atoms with Gasteiger partial charge in [0.25, 0.3) is 0 Å². The molecule has 2 aromatic rings. The number of aliphatic carboxylic acids is 2. The van der Waals surface area contributed by atoms with E-state index in [2.05, 4.69) is 0 Å². The maximum atomic E-state index is 12.6. The summed E-state index contributed by atoms with van der Waals surface area (Å²) < 4.78 is 0. The van der Waals surface area contributed by atoms with Gasteiger partial charge >= 0.3 is 11.9 Å². The van der Waals surface area contributed by atoms with Gasteiger partial charge in [-0.1, -0.05) is 36.4 Å². The van der Waals surface area contributed by atoms with Crippen LogP contribution >= 0.6 is 21.6 Å². The van der Waals surface area contributed by atoms with Crippen molar-refractivity contribution in [3.63, 3.8) is 0 Å². The number of hydrogen-bond acceptors (Lipinski definition) is 10. The monoisotopic (exact) mass is 588 g/mol. The van der Waals surface area contributed by atoms with Gasteiger partial charge in [0.1, 0.15) is 23.6 Å². The van der Waals surface area contributed by atoms with Gasteiger partial charge in [-0.05, 0) is 59.4 Å². The summed E-state index contributed by atoms with van der Waals surface area (Å²) in [6.07, 6.45) is 1.94. The van der Waals surface area contributed by atoms with Crippen molar-refractivity contribution < 1.29 is 39.6 Å². The maximum Gasteiger partial charge on any atom is 0.320 e. The summed E-state index contributed by atoms with van der Waals surface area (Å²) in [7, 11) is 1.59. The third-order valence-electron chi connectivity index (χ3n) is 7.57. The lowest BCUT2D eigenvalue weighted by atomic mass is 10.0. The van der Waals surface area contributed by atoms with Crippen molar-refractivity contribution >= 4 is 43.8 Å². The number of carbonyl (C=O) groups excluding carboxylic acids is 2. The van der Waals surface area contributed by atoms with Crippen LogP contribution in [0.3, 0.4) is 0 Å². The molecule has 4 N–H and O–H groups in total. The number of carbonyl (C=O) groups is 4. The van der Waals surface area contributed by atoms with Crippen LogP contribution < -0.4 is 0 Å². The molecule has 0 aromatic heterocycles. The molecule has 0 radical (unpaired) electrons. The third-order valence-corrected chi connectivity index (χ3v) is 9.79. The number of phenols is 2. The number of carboxylic acids is 2. The Labute approximate surface area is 239 Å². The summed E-state index contributed by atoms with van der Waals surface area (Å²) in [6.45, 7) is 0.347. The molecule has 10 nitrogen and oxygen atoms in total. The zero-order valence-electron chi connectivity index (χ0n) is 21.7. The Morgan fingerprint density at radius 1 is 0.650 bits per heavy atom. The van der Waals surface area contributed by atoms with Crippen LogP contribution in [0.15, 0.2) is 48.5 Å². The van der Waals surface area contributed by atoms with Gasteiger partial charge in [0, 0.05) is 49.1 Å². The number of rotatable bonds is 10. The molecule has 2 saturated heterocycles. The molecule has 2 aliphatic rings. The molecule has 2 aliphatic heterocycles. The summed E-state index contributed by atoms with van der Waals surface area (Å²) >= 11 is 0. The van der Waals surface area contributed by atoms with Crippen LogP contribution in [-0.2, 0) is 19.2 Å². The molecule has 0 aliphatic carbocycles. The van der Waals surface area contributed by atoms with Crippen LogP contribution in [0.1, 0.15) is 61.7 Å². The molecule has 214 valence electrons. The molecule has 0 bridgehead atoms. The van der Waals surface area contributed by atoms with Gasteiger partial charge in [-0.2, -0.15) is 0 Å². The van der Waals surface area contributed by atoms with E-state index in [1.165, 1.54) is 0 Å². The summed E-state index contributed by atoms with van der Waals surface area (Å²) in [5.74, 6) is -1.80. The molecule has 0 amide bonds. The van der Waals surface area contributed by atoms with Crippen LogP contribution in [-0.4, -0.2) is 77.6 Å². The van der Waals surface area contributed by atoms with Crippen LogP contribution in [0, 0.1) is 0 Å². The average Bonchev–Trinajstić information content (AvgIpc) is 3.54. The minimum atomic E-state index is -0.980. The molecule has 40 heavy (non-hydrogen) atoms. The van der Waals surface area contributed by atoms with Crippen molar-refractivity contribution in [1.29, 1.82) is 0 Å². The van der Waals surface area contributed by atoms with Gasteiger partial charge in [0.2, 0.25) is 10.2 Å². The van der Waals surface area contributed by atoms with Gasteiger partial charge < -0.3 is 20.4 Å². The normalized spacial score (nSPS) is 23.3. The van der Waals surface area contributed by atoms with Gasteiger partial charge in [-0.25, -0.2) is 0 Å². The quantitative estimate of drug-likeness (QED) is 0.294. The Hall–Kier alpha value is -3.06. The van der Waals surface area contributed by atoms with Gasteiger partial charge in [0.15, 0.2) is 0 Å². The summed E-state index contributed by atoms with van der Waals surface area (Å²) in [6, 6.07) is 11.4. The molecule has 0 saturated carbocycles. The molecule has 2 fully saturated rings. The van der Waals surface area contributed by atoms with E-state index in [4.69, 9.17) is 0 Å². The highest BCUT2D eigenvalue weighted by molar-refractivity contribution is 8.87. The van der Waals surface area contributed by atoms with E-state index < -0.39 is 24.0 Å². The predicted octanol–water partition coefficient (Wildman–Crippen LogP) is 4.19. The number of phenolic OH excluding ortho intramolecular Hbond substituents is 2. The second-order valence-electron chi connectivity index (χ2n) is 9.90. The highest BCUT2D eigenvalue weighted by Crippen LogP contribution is 2.41. The SMILES string of the molecule is O=C(CCN1C(C(=O)O)CCC1c1ccccc1O)SSC(=O)CCN1C(C(=O)O)CCC1c1ccccc1O. The van der Waals surface area contributed by atoms with Crippen molar-refractivity contribution in [2.75, 3.05) is 13.1 Å². The number of likely N-dealkylation sites (tertiary alicyclic amines) is 2. The third kappa shape index (κ3) is 6.98. The Kier molecular flexibility index (Phi) is 10.1. The maximum absolute atomic E-state index is 12.6. The topological polar surface area (TPSA) is 156 Å². The van der Waals surface area contributed by atoms with E-state index in [0.717, 1.165) is 21.6 Å². The molecule has 4 atom stereocenters. The smallest absolute Gasteiger partial charge is 0.320 e. The summed E-state index contributed by atoms with van der Waals surface area (Å²) in [5.41, 5.74) is 1.25. The Morgan fingerprint density at radius 3 is 1.38 bits per heavy atom. The van der Waals surface area contributed by atoms with Gasteiger partial charge in [-0.15, -0.1) is 0 Å². The van der Waals surface area contributed by atoms with Crippen molar-refractivity contribution in [3.8, 4) is 11.5 Å². The minimum Gasteiger partial charge on any atom is -0.508 e. The lowest BCUT2D eigenvalue weighted by Crippen LogP contribution is -2.38. The van der Waals surface area contributed by atoms with Crippen molar-refractivity contribution in [2.45, 2.75) is 62.7 Å². The van der Waals surface area contributed by atoms with Crippen LogP contribution in [0.2, 0.25) is 0 Å². The molecule has 4 unspecified atom stereocenters. The number of aromatic hydroxyl groups is 2. The summed E-state index contributed by atoms with van der Waals surface area (Å²) in [4.78, 5) is 52.3. The molecule has 0 spiro atoms. The van der Waals surface area contributed by atoms with Crippen molar-refractivity contribution in [2.24, 2.45) is 0 Å². The number of para-hydroxylation sites is 2. The van der Waals surface area contributed by atoms with Gasteiger partial charge in [-0.3, -0.25) is 29.0 Å². The number of nitrogens with zero attached hydrogens (tertiary/aromatic N) is 2. The molecule has 12 heteroatoms. The van der Waals surface area contributed by atoms with Gasteiger partial charge in [0.05, 0.1) is 0 Å². The van der Waals surface area contributed by atoms with Crippen LogP contribution in [0.4, 0.5) is 0 Å². The fraction of sp³-hybridized carbons (Fsp3) is 0.429. The predicted molar refractivity (Wildman–Crippen MR) is 151 cm³/mol. The second kappa shape index (κ2) is 13.5. The molecular formula is C28H32N2O8S2. The molecule has 4 rings (SSSR count). The fourth-order valence-electron chi connectivity index (χ4n) is 5.71. The van der Waals surface area contributed by atoms with E-state index in [9.17, 15) is 39.6 Å². The van der Waals surface area contributed by atoms with Crippen molar-refractivity contribution in [1.82, 2.24) is 9.80 Å². The highest BCUT2D eigenvalue weighted by atomic mass is 33.1. The lowest BCUT2D eigenvalue weighted by Gasteiger charge is -2.28. The molecular weight excluding hydrogens is 556 g/mol. The standard InChI is InChI=1S/C28H32N2O8S2/c31-23-7-3-1-5-17(23)19-9-11-21(27(35)36)29(19)15-13-25(33)39-40-26(34)14-16-30-20(10-12-22(30)28(37)38)18-6-2-4-8-24(18)32/h1-8,19-22,31-32H,9-16H2,(H,35,36)(H,37,38). The van der Waals surface area contributed by atoms with E-state index >= 15 is 0 Å². The number of carboxylic acid groups (broad SMARTS) is 2. The fourth-order valence-corrected chi connectivity index (χ4v) is 7.30. The summed E-state index contributed by atoms with van der Waals surface area (Å²) in [5, 5.41) is 39.3. The van der Waals surface area contributed by atoms with E-state index in [0.29, 0.717) is 36.8 Å². The molecule has 2 aromatic carbocycles. The second-order valence-corrected chi connectivity index (χ2v) is 12.1. The van der Waals surface area contributed by atoms with Crippen LogP contribution in [0.5, 0.6) is 11.5 Å². The first kappa shape index (κ1) is 29.9. The zero-order valence-corrected chi connectivity index (χ0v) is 23.4. The first-order chi connectivity index (χ1) is 19.2. The largest absolute Gasteiger partial charge is 0.508 e. The number of hydrogen-bond donors (Lipinski definition) is 4. The first-order valence-electron chi connectivity index (χ1n) is 13.1. The minimum absolute atomic E-state index is 0.0292. The first-order valence-corrected chi connectivity index (χ1v) is 15.3. The molecule has 2 heterocycles. The Morgan fingerprint density at radius 2 is 1.02 bits per heavy atom. The van der Waals surface area contributed by atoms with Crippen molar-refractivity contribution in [3.05, 3.63) is 59.7 Å². The number of benzene rings is 2. The Balaban J connectivity index is 1.30.